The number of hydrogen-bond acceptors (Lipinski definition) is 3. The Bertz CT molecular complexity index is 317. The van der Waals surface area contributed by atoms with Crippen molar-refractivity contribution in [2.45, 2.75) is 0 Å². The molecule has 17 heavy (non-hydrogen) atoms. The summed E-state index contributed by atoms with van der Waals surface area (Å²) in [4.78, 5) is 0. The number of thiocarbonyl (C=S) groups is 2. The summed E-state index contributed by atoms with van der Waals surface area (Å²) >= 11 is 8.29. The molecule has 0 saturated carbocycles. The van der Waals surface area contributed by atoms with Gasteiger partial charge in [-0.2, -0.15) is 0 Å². The molecule has 96 valence electrons. The van der Waals surface area contributed by atoms with Crippen molar-refractivity contribution in [3.05, 3.63) is 30.3 Å². The molecular formula is C10H17N3O2S2. The van der Waals surface area contributed by atoms with E-state index in [1.807, 2.05) is 44.4 Å². The predicted molar refractivity (Wildman–Crippen MR) is 79.7 cm³/mol. The van der Waals surface area contributed by atoms with E-state index in [4.69, 9.17) is 10.2 Å². The van der Waals surface area contributed by atoms with Crippen molar-refractivity contribution < 1.29 is 10.2 Å². The van der Waals surface area contributed by atoms with Gasteiger partial charge < -0.3 is 26.6 Å². The fraction of sp³-hybridized carbons (Fsp3) is 0.200. The largest absolute Gasteiger partial charge is 0.487 e. The average Bonchev–Trinajstić information content (AvgIpc) is 2.18. The zero-order valence-electron chi connectivity index (χ0n) is 9.68. The van der Waals surface area contributed by atoms with Crippen molar-refractivity contribution in [2.24, 2.45) is 5.73 Å². The lowest BCUT2D eigenvalue weighted by Crippen LogP contribution is -2.05. The highest BCUT2D eigenvalue weighted by atomic mass is 32.1. The van der Waals surface area contributed by atoms with Gasteiger partial charge >= 0.3 is 0 Å². The van der Waals surface area contributed by atoms with Crippen molar-refractivity contribution in [3.63, 3.8) is 0 Å². The van der Waals surface area contributed by atoms with E-state index in [2.05, 4.69) is 40.8 Å². The van der Waals surface area contributed by atoms with Crippen LogP contribution in [0.25, 0.3) is 0 Å². The third-order valence-electron chi connectivity index (χ3n) is 1.03. The van der Waals surface area contributed by atoms with Crippen molar-refractivity contribution >= 4 is 40.5 Å². The summed E-state index contributed by atoms with van der Waals surface area (Å²) in [6.07, 6.45) is 0. The minimum atomic E-state index is -0.500. The molecule has 0 radical (unpaired) electrons. The first-order chi connectivity index (χ1) is 7.93. The average molecular weight is 275 g/mol. The molecule has 0 bridgehead atoms. The van der Waals surface area contributed by atoms with Crippen molar-refractivity contribution in [1.29, 1.82) is 0 Å². The lowest BCUT2D eigenvalue weighted by molar-refractivity contribution is 0.560. The van der Waals surface area contributed by atoms with Gasteiger partial charge in [-0.3, -0.25) is 0 Å². The molecule has 0 aliphatic heterocycles. The van der Waals surface area contributed by atoms with E-state index < -0.39 is 5.17 Å². The number of nitrogens with one attached hydrogen (secondary N) is 2. The van der Waals surface area contributed by atoms with E-state index in [1.54, 1.807) is 0 Å². The minimum Gasteiger partial charge on any atom is -0.487 e. The first-order valence-corrected chi connectivity index (χ1v) is 5.37. The lowest BCUT2D eigenvalue weighted by Gasteiger charge is -1.99. The van der Waals surface area contributed by atoms with Gasteiger partial charge in [0.2, 0.25) is 0 Å². The van der Waals surface area contributed by atoms with Crippen LogP contribution in [-0.2, 0) is 0 Å². The van der Waals surface area contributed by atoms with Crippen LogP contribution in [0.4, 0.5) is 5.69 Å². The summed E-state index contributed by atoms with van der Waals surface area (Å²) in [5.74, 6) is 0. The van der Waals surface area contributed by atoms with Gasteiger partial charge in [-0.15, -0.1) is 0 Å². The molecule has 0 fully saturated rings. The van der Waals surface area contributed by atoms with E-state index in [9.17, 15) is 0 Å². The number of benzene rings is 1. The highest BCUT2D eigenvalue weighted by molar-refractivity contribution is 7.80. The van der Waals surface area contributed by atoms with E-state index in [1.165, 1.54) is 0 Å². The summed E-state index contributed by atoms with van der Waals surface area (Å²) < 4.78 is 0. The van der Waals surface area contributed by atoms with Crippen LogP contribution in [0, 0.1) is 0 Å². The maximum absolute atomic E-state index is 8.63. The van der Waals surface area contributed by atoms with E-state index in [0.717, 1.165) is 5.69 Å². The Labute approximate surface area is 112 Å². The second-order valence-electron chi connectivity index (χ2n) is 2.63. The van der Waals surface area contributed by atoms with Crippen LogP contribution < -0.4 is 16.4 Å². The van der Waals surface area contributed by atoms with Crippen molar-refractivity contribution in [2.75, 3.05) is 19.4 Å². The maximum Gasteiger partial charge on any atom is 0.258 e. The molecule has 0 amide bonds. The Morgan fingerprint density at radius 3 is 1.76 bits per heavy atom. The molecule has 0 unspecified atom stereocenters. The number of rotatable bonds is 1. The monoisotopic (exact) mass is 275 g/mol. The zero-order chi connectivity index (χ0) is 13.7. The standard InChI is InChI=1S/C7H7NOS.C2H7N.CH3NOS/c9-7(10)8-6-4-2-1-3-5-6;1-3-2;2-1(3)4/h1-5H,(H2,8,9,10);3H,1-2H3;(H3,2,3,4). The molecule has 6 N–H and O–H groups in total. The number of nitrogens with two attached hydrogens (primary N) is 1. The Morgan fingerprint density at radius 1 is 1.12 bits per heavy atom. The molecule has 0 spiro atoms. The van der Waals surface area contributed by atoms with Gasteiger partial charge in [0.25, 0.3) is 10.3 Å². The molecule has 1 rings (SSSR count). The normalized spacial score (nSPS) is 7.65. The molecule has 5 nitrogen and oxygen atoms in total. The summed E-state index contributed by atoms with van der Waals surface area (Å²) in [7, 11) is 3.75. The topological polar surface area (TPSA) is 90.5 Å². The van der Waals surface area contributed by atoms with Crippen LogP contribution in [0.5, 0.6) is 0 Å². The maximum atomic E-state index is 8.63. The van der Waals surface area contributed by atoms with Crippen LogP contribution in [0.3, 0.4) is 0 Å². The van der Waals surface area contributed by atoms with Gasteiger partial charge in [0, 0.05) is 5.69 Å². The molecule has 1 aromatic carbocycles. The predicted octanol–water partition coefficient (Wildman–Crippen LogP) is 1.56. The smallest absolute Gasteiger partial charge is 0.258 e. The Hall–Kier alpha value is -1.44. The van der Waals surface area contributed by atoms with Crippen LogP contribution in [0.1, 0.15) is 0 Å². The molecule has 0 atom stereocenters. The molecule has 0 aliphatic rings. The highest BCUT2D eigenvalue weighted by Crippen LogP contribution is 2.03. The molecule has 7 heteroatoms. The SMILES string of the molecule is CNC.NC(O)=S.OC(=S)Nc1ccccc1. The third kappa shape index (κ3) is 20.6. The summed E-state index contributed by atoms with van der Waals surface area (Å²) in [6.45, 7) is 0. The Balaban J connectivity index is 0. The molecule has 0 heterocycles. The van der Waals surface area contributed by atoms with Crippen molar-refractivity contribution in [3.8, 4) is 0 Å². The van der Waals surface area contributed by atoms with Crippen LogP contribution in [0.15, 0.2) is 30.3 Å². The van der Waals surface area contributed by atoms with E-state index in [0.29, 0.717) is 0 Å². The van der Waals surface area contributed by atoms with Gasteiger partial charge in [0.1, 0.15) is 0 Å². The van der Waals surface area contributed by atoms with Gasteiger partial charge in [0.05, 0.1) is 0 Å². The van der Waals surface area contributed by atoms with E-state index >= 15 is 0 Å². The fourth-order valence-electron chi connectivity index (χ4n) is 0.645. The Kier molecular flexibility index (Phi) is 13.3. The number of para-hydroxylation sites is 1. The minimum absolute atomic E-state index is 0.203. The van der Waals surface area contributed by atoms with E-state index in [-0.39, 0.29) is 5.17 Å². The zero-order valence-corrected chi connectivity index (χ0v) is 11.3. The molecule has 1 aromatic rings. The van der Waals surface area contributed by atoms with Crippen molar-refractivity contribution in [1.82, 2.24) is 5.32 Å². The second kappa shape index (κ2) is 12.6. The van der Waals surface area contributed by atoms with Gasteiger partial charge in [-0.1, -0.05) is 18.2 Å². The molecular weight excluding hydrogens is 258 g/mol. The second-order valence-corrected chi connectivity index (χ2v) is 3.44. The summed E-state index contributed by atoms with van der Waals surface area (Å²) in [6, 6.07) is 9.26. The lowest BCUT2D eigenvalue weighted by atomic mass is 10.3. The molecule has 0 aliphatic carbocycles. The number of anilines is 1. The van der Waals surface area contributed by atoms with Gasteiger partial charge in [-0.25, -0.2) is 0 Å². The molecule has 0 saturated heterocycles. The summed E-state index contributed by atoms with van der Waals surface area (Å²) in [5, 5.41) is 20.8. The number of aliphatic hydroxyl groups is 2. The van der Waals surface area contributed by atoms with Crippen LogP contribution >= 0.6 is 24.4 Å². The van der Waals surface area contributed by atoms with Crippen LogP contribution in [0.2, 0.25) is 0 Å². The van der Waals surface area contributed by atoms with Crippen LogP contribution in [-0.4, -0.2) is 34.7 Å². The Morgan fingerprint density at radius 2 is 1.47 bits per heavy atom. The highest BCUT2D eigenvalue weighted by Gasteiger charge is 1.89. The number of hydrogen-bond donors (Lipinski definition) is 5. The first-order valence-electron chi connectivity index (χ1n) is 4.55. The molecule has 0 aromatic heterocycles. The first kappa shape index (κ1) is 17.9. The quantitative estimate of drug-likeness (QED) is 0.497. The summed E-state index contributed by atoms with van der Waals surface area (Å²) in [5.41, 5.74) is 5.20. The fourth-order valence-corrected chi connectivity index (χ4v) is 0.763. The van der Waals surface area contributed by atoms with Gasteiger partial charge in [0.15, 0.2) is 0 Å². The van der Waals surface area contributed by atoms with Gasteiger partial charge in [-0.05, 0) is 50.7 Å². The number of aliphatic hydroxyl groups excluding tert-OH is 2. The third-order valence-corrected chi connectivity index (χ3v) is 1.13.